The Morgan fingerprint density at radius 2 is 1.91 bits per heavy atom. The molecule has 1 aromatic rings. The molecule has 182 valence electrons. The number of esters is 1. The quantitative estimate of drug-likeness (QED) is 0.669. The van der Waals surface area contributed by atoms with Crippen molar-refractivity contribution >= 4 is 12.1 Å². The lowest BCUT2D eigenvalue weighted by molar-refractivity contribution is -0.0825. The number of likely N-dealkylation sites (tertiary alicyclic amines) is 2. The Kier molecular flexibility index (Phi) is 6.46. The summed E-state index contributed by atoms with van der Waals surface area (Å²) in [5, 5.41) is 21.9. The van der Waals surface area contributed by atoms with Crippen LogP contribution in [-0.4, -0.2) is 76.5 Å². The lowest BCUT2D eigenvalue weighted by atomic mass is 9.69. The van der Waals surface area contributed by atoms with Crippen LogP contribution < -0.4 is 0 Å². The minimum atomic E-state index is -0.654. The maximum atomic E-state index is 12.4. The lowest BCUT2D eigenvalue weighted by Crippen LogP contribution is -2.57. The first-order valence-electron chi connectivity index (χ1n) is 11.8. The van der Waals surface area contributed by atoms with Crippen LogP contribution in [-0.2, 0) is 16.1 Å². The van der Waals surface area contributed by atoms with Gasteiger partial charge in [0.1, 0.15) is 12.2 Å². The van der Waals surface area contributed by atoms with Crippen molar-refractivity contribution in [1.29, 1.82) is 0 Å². The van der Waals surface area contributed by atoms with E-state index in [1.54, 1.807) is 11.0 Å². The van der Waals surface area contributed by atoms with Gasteiger partial charge in [0, 0.05) is 24.1 Å². The molecule has 8 heteroatoms. The number of hydrogen-bond donors (Lipinski definition) is 2. The van der Waals surface area contributed by atoms with E-state index in [1.165, 1.54) is 0 Å². The summed E-state index contributed by atoms with van der Waals surface area (Å²) in [5.41, 5.74) is 2.47. The van der Waals surface area contributed by atoms with E-state index in [-0.39, 0.29) is 24.1 Å². The molecule has 3 aliphatic rings. The second-order valence-corrected chi connectivity index (χ2v) is 10.8. The lowest BCUT2D eigenvalue weighted by Gasteiger charge is -2.49. The largest absolute Gasteiger partial charge is 0.457 e. The van der Waals surface area contributed by atoms with E-state index >= 15 is 0 Å². The van der Waals surface area contributed by atoms with Crippen LogP contribution in [0.1, 0.15) is 73.2 Å². The first kappa shape index (κ1) is 24.0. The molecular formula is C25H36N2O6. The van der Waals surface area contributed by atoms with Gasteiger partial charge in [0.05, 0.1) is 24.3 Å². The van der Waals surface area contributed by atoms with Gasteiger partial charge in [-0.2, -0.15) is 0 Å². The highest BCUT2D eigenvalue weighted by molar-refractivity contribution is 5.93. The van der Waals surface area contributed by atoms with Crippen molar-refractivity contribution in [2.75, 3.05) is 32.7 Å². The van der Waals surface area contributed by atoms with Crippen molar-refractivity contribution in [1.82, 2.24) is 9.80 Å². The molecule has 3 aliphatic heterocycles. The van der Waals surface area contributed by atoms with E-state index in [9.17, 15) is 19.8 Å². The summed E-state index contributed by atoms with van der Waals surface area (Å²) in [4.78, 5) is 28.0. The minimum Gasteiger partial charge on any atom is -0.457 e. The van der Waals surface area contributed by atoms with E-state index in [2.05, 4.69) is 4.90 Å². The molecule has 0 aromatic heterocycles. The molecule has 1 spiro atoms. The number of nitrogens with zero attached hydrogens (tertiary/aromatic N) is 2. The van der Waals surface area contributed by atoms with Gasteiger partial charge in [-0.1, -0.05) is 6.07 Å². The maximum absolute atomic E-state index is 12.4. The van der Waals surface area contributed by atoms with Crippen molar-refractivity contribution in [3.05, 3.63) is 34.4 Å². The van der Waals surface area contributed by atoms with Crippen molar-refractivity contribution in [2.24, 2.45) is 5.41 Å². The highest BCUT2D eigenvalue weighted by Crippen LogP contribution is 2.42. The predicted octanol–water partition coefficient (Wildman–Crippen LogP) is 2.78. The molecule has 1 aromatic carbocycles. The summed E-state index contributed by atoms with van der Waals surface area (Å²) in [6.07, 6.45) is 0.806. The van der Waals surface area contributed by atoms with Crippen LogP contribution >= 0.6 is 0 Å². The number of carbonyl (C=O) groups is 2. The first-order chi connectivity index (χ1) is 15.5. The summed E-state index contributed by atoms with van der Waals surface area (Å²) in [6, 6.07) is 3.57. The van der Waals surface area contributed by atoms with E-state index in [4.69, 9.17) is 9.47 Å². The second kappa shape index (κ2) is 8.89. The van der Waals surface area contributed by atoms with Crippen LogP contribution in [0.15, 0.2) is 12.1 Å². The Labute approximate surface area is 195 Å². The molecule has 0 radical (unpaired) electrons. The van der Waals surface area contributed by atoms with Gasteiger partial charge in [-0.25, -0.2) is 9.59 Å². The molecule has 33 heavy (non-hydrogen) atoms. The molecule has 8 nitrogen and oxygen atoms in total. The summed E-state index contributed by atoms with van der Waals surface area (Å²) < 4.78 is 10.6. The van der Waals surface area contributed by atoms with E-state index < -0.39 is 17.8 Å². The van der Waals surface area contributed by atoms with Gasteiger partial charge < -0.3 is 29.5 Å². The Morgan fingerprint density at radius 3 is 2.55 bits per heavy atom. The molecular weight excluding hydrogens is 424 g/mol. The molecule has 0 saturated carbocycles. The van der Waals surface area contributed by atoms with Gasteiger partial charge in [-0.15, -0.1) is 0 Å². The summed E-state index contributed by atoms with van der Waals surface area (Å²) in [5.74, 6) is -0.299. The number of carbonyl (C=O) groups excluding carboxylic acids is 2. The SMILES string of the molecule is Cc1c(C(O)CN2CCC3(CC2)CCN(C(=O)OC(C)(C)C)CC3O)ccc2c1COC2=O. The highest BCUT2D eigenvalue weighted by Gasteiger charge is 2.45. The van der Waals surface area contributed by atoms with Crippen LogP contribution in [0.25, 0.3) is 0 Å². The number of piperidine rings is 2. The van der Waals surface area contributed by atoms with Crippen LogP contribution in [0.4, 0.5) is 4.79 Å². The normalized spacial score (nSPS) is 23.9. The number of cyclic esters (lactones) is 1. The Morgan fingerprint density at radius 1 is 1.24 bits per heavy atom. The van der Waals surface area contributed by atoms with Crippen LogP contribution in [0.2, 0.25) is 0 Å². The van der Waals surface area contributed by atoms with Gasteiger partial charge in [0.15, 0.2) is 0 Å². The van der Waals surface area contributed by atoms with Crippen LogP contribution in [0.3, 0.4) is 0 Å². The Bertz CT molecular complexity index is 916. The molecule has 2 atom stereocenters. The molecule has 2 N–H and O–H groups in total. The predicted molar refractivity (Wildman–Crippen MR) is 122 cm³/mol. The van der Waals surface area contributed by atoms with Crippen molar-refractivity contribution in [3.8, 4) is 0 Å². The third-order valence-corrected chi connectivity index (χ3v) is 7.48. The average Bonchev–Trinajstić information content (AvgIpc) is 3.12. The number of fused-ring (bicyclic) bond motifs is 1. The standard InChI is InChI=1S/C25H36N2O6/c1-16-17(5-6-18-19(16)15-32-22(18)30)20(28)13-26-10-7-25(8-11-26)9-12-27(14-21(25)29)23(31)33-24(2,3)4/h5-6,20-21,28-29H,7-15H2,1-4H3. The zero-order valence-corrected chi connectivity index (χ0v) is 20.1. The molecule has 4 rings (SSSR count). The Balaban J connectivity index is 1.32. The molecule has 0 aliphatic carbocycles. The topological polar surface area (TPSA) is 99.5 Å². The van der Waals surface area contributed by atoms with Crippen LogP contribution in [0, 0.1) is 12.3 Å². The van der Waals surface area contributed by atoms with Gasteiger partial charge in [0.25, 0.3) is 0 Å². The van der Waals surface area contributed by atoms with Gasteiger partial charge in [-0.05, 0) is 77.2 Å². The monoisotopic (exact) mass is 460 g/mol. The van der Waals surface area contributed by atoms with Gasteiger partial charge in [0.2, 0.25) is 0 Å². The van der Waals surface area contributed by atoms with Crippen molar-refractivity contribution in [2.45, 2.75) is 71.4 Å². The van der Waals surface area contributed by atoms with E-state index in [0.717, 1.165) is 49.0 Å². The number of ether oxygens (including phenoxy) is 2. The summed E-state index contributed by atoms with van der Waals surface area (Å²) in [6.45, 7) is 10.7. The fraction of sp³-hybridized carbons (Fsp3) is 0.680. The average molecular weight is 461 g/mol. The molecule has 1 amide bonds. The molecule has 2 saturated heterocycles. The number of β-amino-alcohol motifs (C(OH)–C–C–N with tert-alkyl or cyclic N) is 2. The molecule has 2 unspecified atom stereocenters. The third kappa shape index (κ3) is 4.88. The number of amides is 1. The van der Waals surface area contributed by atoms with Crippen molar-refractivity contribution in [3.63, 3.8) is 0 Å². The molecule has 0 bridgehead atoms. The second-order valence-electron chi connectivity index (χ2n) is 10.8. The maximum Gasteiger partial charge on any atom is 0.410 e. The van der Waals surface area contributed by atoms with E-state index in [1.807, 2.05) is 33.8 Å². The fourth-order valence-corrected chi connectivity index (χ4v) is 5.35. The van der Waals surface area contributed by atoms with Gasteiger partial charge >= 0.3 is 12.1 Å². The third-order valence-electron chi connectivity index (χ3n) is 7.48. The van der Waals surface area contributed by atoms with E-state index in [0.29, 0.717) is 25.2 Å². The first-order valence-corrected chi connectivity index (χ1v) is 11.8. The Hall–Kier alpha value is -2.16. The fourth-order valence-electron chi connectivity index (χ4n) is 5.35. The minimum absolute atomic E-state index is 0.193. The summed E-state index contributed by atoms with van der Waals surface area (Å²) >= 11 is 0. The number of hydrogen-bond acceptors (Lipinski definition) is 7. The van der Waals surface area contributed by atoms with Crippen molar-refractivity contribution < 1.29 is 29.3 Å². The van der Waals surface area contributed by atoms with Crippen LogP contribution in [0.5, 0.6) is 0 Å². The molecule has 2 fully saturated rings. The summed E-state index contributed by atoms with van der Waals surface area (Å²) in [7, 11) is 0. The van der Waals surface area contributed by atoms with Gasteiger partial charge in [-0.3, -0.25) is 0 Å². The number of benzene rings is 1. The molecule has 3 heterocycles. The number of aliphatic hydroxyl groups is 2. The smallest absolute Gasteiger partial charge is 0.410 e. The highest BCUT2D eigenvalue weighted by atomic mass is 16.6. The number of rotatable bonds is 3. The number of aliphatic hydroxyl groups excluding tert-OH is 2. The zero-order chi connectivity index (χ0) is 24.0. The zero-order valence-electron chi connectivity index (χ0n) is 20.1.